The van der Waals surface area contributed by atoms with Gasteiger partial charge in [-0.05, 0) is 37.3 Å². The van der Waals surface area contributed by atoms with Crippen molar-refractivity contribution in [1.29, 1.82) is 0 Å². The van der Waals surface area contributed by atoms with Gasteiger partial charge in [-0.2, -0.15) is 5.10 Å². The van der Waals surface area contributed by atoms with E-state index >= 15 is 0 Å². The topological polar surface area (TPSA) is 88.0 Å². The van der Waals surface area contributed by atoms with Crippen LogP contribution in [0.15, 0.2) is 36.4 Å². The molecule has 3 aromatic rings. The van der Waals surface area contributed by atoms with Crippen molar-refractivity contribution in [2.75, 3.05) is 37.4 Å². The Hall–Kier alpha value is -3.49. The summed E-state index contributed by atoms with van der Waals surface area (Å²) in [6.07, 6.45) is 0. The van der Waals surface area contributed by atoms with Gasteiger partial charge in [0, 0.05) is 45.9 Å². The molecule has 1 aromatic carbocycles. The summed E-state index contributed by atoms with van der Waals surface area (Å²) in [5.74, 6) is 1.64. The fourth-order valence-electron chi connectivity index (χ4n) is 2.77. The van der Waals surface area contributed by atoms with Crippen molar-refractivity contribution in [1.82, 2.24) is 25.1 Å². The minimum absolute atomic E-state index is 0.233. The van der Waals surface area contributed by atoms with Gasteiger partial charge in [0.2, 0.25) is 0 Å². The third-order valence-corrected chi connectivity index (χ3v) is 4.25. The Bertz CT molecular complexity index is 999. The van der Waals surface area contributed by atoms with Gasteiger partial charge in [-0.15, -0.1) is 0 Å². The molecule has 2 N–H and O–H groups in total. The normalized spacial score (nSPS) is 10.7. The van der Waals surface area contributed by atoms with Gasteiger partial charge in [-0.3, -0.25) is 9.48 Å². The lowest BCUT2D eigenvalue weighted by Gasteiger charge is -2.14. The zero-order valence-electron chi connectivity index (χ0n) is 16.9. The first kappa shape index (κ1) is 20.2. The summed E-state index contributed by atoms with van der Waals surface area (Å²) in [6.45, 7) is 2.76. The summed E-state index contributed by atoms with van der Waals surface area (Å²) in [5, 5.41) is 10.4. The highest BCUT2D eigenvalue weighted by atomic mass is 19.1. The SMILES string of the molecule is Cc1nc(NCCNC(=O)c2cc(-c3ccc(F)cc3)nn2C)cc(N(C)C)n1. The van der Waals surface area contributed by atoms with E-state index in [1.165, 1.54) is 16.8 Å². The molecule has 0 saturated heterocycles. The number of halogens is 1. The molecule has 0 aliphatic carbocycles. The molecule has 0 radical (unpaired) electrons. The Balaban J connectivity index is 1.57. The first-order valence-electron chi connectivity index (χ1n) is 9.18. The van der Waals surface area contributed by atoms with Crippen LogP contribution in [0, 0.1) is 12.7 Å². The van der Waals surface area contributed by atoms with E-state index in [9.17, 15) is 9.18 Å². The number of carbonyl (C=O) groups excluding carboxylic acids is 1. The summed E-state index contributed by atoms with van der Waals surface area (Å²) in [5.41, 5.74) is 1.79. The minimum Gasteiger partial charge on any atom is -0.368 e. The van der Waals surface area contributed by atoms with Gasteiger partial charge in [0.15, 0.2) is 0 Å². The van der Waals surface area contributed by atoms with Crippen LogP contribution in [0.1, 0.15) is 16.3 Å². The highest BCUT2D eigenvalue weighted by molar-refractivity contribution is 5.93. The zero-order chi connectivity index (χ0) is 21.0. The molecule has 0 aliphatic heterocycles. The summed E-state index contributed by atoms with van der Waals surface area (Å²) < 4.78 is 14.6. The Morgan fingerprint density at radius 1 is 1.14 bits per heavy atom. The fourth-order valence-corrected chi connectivity index (χ4v) is 2.77. The molecule has 0 fully saturated rings. The largest absolute Gasteiger partial charge is 0.368 e. The molecule has 0 saturated carbocycles. The Kier molecular flexibility index (Phi) is 6.06. The monoisotopic (exact) mass is 397 g/mol. The molecular weight excluding hydrogens is 373 g/mol. The molecule has 0 bridgehead atoms. The third kappa shape index (κ3) is 5.07. The molecule has 0 unspecified atom stereocenters. The molecule has 29 heavy (non-hydrogen) atoms. The standard InChI is InChI=1S/C20H24FN7O/c1-13-24-18(12-19(25-13)27(2)3)22-9-10-23-20(29)17-11-16(26-28(17)4)14-5-7-15(21)8-6-14/h5-8,11-12H,9-10H2,1-4H3,(H,23,29)(H,22,24,25). The number of carbonyl (C=O) groups is 1. The third-order valence-electron chi connectivity index (χ3n) is 4.25. The molecule has 0 spiro atoms. The molecule has 9 heteroatoms. The van der Waals surface area contributed by atoms with Crippen LogP contribution >= 0.6 is 0 Å². The number of nitrogens with one attached hydrogen (secondary N) is 2. The maximum absolute atomic E-state index is 13.1. The molecule has 1 amide bonds. The first-order valence-corrected chi connectivity index (χ1v) is 9.18. The summed E-state index contributed by atoms with van der Waals surface area (Å²) in [7, 11) is 5.53. The number of hydrogen-bond donors (Lipinski definition) is 2. The lowest BCUT2D eigenvalue weighted by molar-refractivity contribution is 0.0946. The first-order chi connectivity index (χ1) is 13.8. The lowest BCUT2D eigenvalue weighted by Crippen LogP contribution is -2.30. The van der Waals surface area contributed by atoms with E-state index in [2.05, 4.69) is 25.7 Å². The minimum atomic E-state index is -0.313. The lowest BCUT2D eigenvalue weighted by atomic mass is 10.1. The fraction of sp³-hybridized carbons (Fsp3) is 0.300. The maximum atomic E-state index is 13.1. The smallest absolute Gasteiger partial charge is 0.269 e. The van der Waals surface area contributed by atoms with Gasteiger partial charge in [-0.1, -0.05) is 0 Å². The van der Waals surface area contributed by atoms with Crippen molar-refractivity contribution >= 4 is 17.5 Å². The predicted molar refractivity (Wildman–Crippen MR) is 111 cm³/mol. The van der Waals surface area contributed by atoms with E-state index in [1.807, 2.05) is 32.0 Å². The molecule has 3 rings (SSSR count). The number of anilines is 2. The zero-order valence-corrected chi connectivity index (χ0v) is 16.9. The average Bonchev–Trinajstić information content (AvgIpc) is 3.07. The Morgan fingerprint density at radius 3 is 2.55 bits per heavy atom. The highest BCUT2D eigenvalue weighted by Gasteiger charge is 2.14. The quantitative estimate of drug-likeness (QED) is 0.595. The van der Waals surface area contributed by atoms with E-state index in [-0.39, 0.29) is 11.7 Å². The van der Waals surface area contributed by atoms with Crippen molar-refractivity contribution < 1.29 is 9.18 Å². The van der Waals surface area contributed by atoms with Gasteiger partial charge in [0.05, 0.1) is 5.69 Å². The summed E-state index contributed by atoms with van der Waals surface area (Å²) in [4.78, 5) is 23.1. The van der Waals surface area contributed by atoms with Gasteiger partial charge in [0.25, 0.3) is 5.91 Å². The maximum Gasteiger partial charge on any atom is 0.269 e. The molecule has 0 aliphatic rings. The molecule has 0 atom stereocenters. The highest BCUT2D eigenvalue weighted by Crippen LogP contribution is 2.19. The number of amides is 1. The van der Waals surface area contributed by atoms with Crippen molar-refractivity contribution in [2.45, 2.75) is 6.92 Å². The summed E-state index contributed by atoms with van der Waals surface area (Å²) in [6, 6.07) is 9.54. The van der Waals surface area contributed by atoms with Crippen molar-refractivity contribution in [3.8, 4) is 11.3 Å². The van der Waals surface area contributed by atoms with Gasteiger partial charge in [-0.25, -0.2) is 14.4 Å². The van der Waals surface area contributed by atoms with Crippen LogP contribution in [-0.4, -0.2) is 52.8 Å². The van der Waals surface area contributed by atoms with Crippen LogP contribution in [0.3, 0.4) is 0 Å². The molecule has 152 valence electrons. The second-order valence-electron chi connectivity index (χ2n) is 6.78. The number of aromatic nitrogens is 4. The molecule has 2 heterocycles. The van der Waals surface area contributed by atoms with E-state index in [4.69, 9.17) is 0 Å². The number of aryl methyl sites for hydroxylation is 2. The van der Waals surface area contributed by atoms with Crippen LogP contribution in [0.2, 0.25) is 0 Å². The van der Waals surface area contributed by atoms with E-state index < -0.39 is 0 Å². The number of rotatable bonds is 7. The average molecular weight is 397 g/mol. The van der Waals surface area contributed by atoms with E-state index in [1.54, 1.807) is 25.2 Å². The van der Waals surface area contributed by atoms with Crippen molar-refractivity contribution in [3.63, 3.8) is 0 Å². The Morgan fingerprint density at radius 2 is 1.86 bits per heavy atom. The van der Waals surface area contributed by atoms with Gasteiger partial charge in [0.1, 0.15) is 29.0 Å². The number of benzene rings is 1. The molecule has 2 aromatic heterocycles. The number of nitrogens with zero attached hydrogens (tertiary/aromatic N) is 5. The molecular formula is C20H24FN7O. The van der Waals surface area contributed by atoms with Crippen LogP contribution < -0.4 is 15.5 Å². The van der Waals surface area contributed by atoms with E-state index in [0.29, 0.717) is 36.1 Å². The second kappa shape index (κ2) is 8.68. The van der Waals surface area contributed by atoms with Crippen LogP contribution in [0.5, 0.6) is 0 Å². The van der Waals surface area contributed by atoms with Crippen molar-refractivity contribution in [3.05, 3.63) is 53.7 Å². The Labute approximate surface area is 168 Å². The number of hydrogen-bond acceptors (Lipinski definition) is 6. The van der Waals surface area contributed by atoms with Crippen LogP contribution in [0.25, 0.3) is 11.3 Å². The van der Waals surface area contributed by atoms with Crippen LogP contribution in [0.4, 0.5) is 16.0 Å². The second-order valence-corrected chi connectivity index (χ2v) is 6.78. The summed E-state index contributed by atoms with van der Waals surface area (Å²) >= 11 is 0. The van der Waals surface area contributed by atoms with Gasteiger partial charge >= 0.3 is 0 Å². The van der Waals surface area contributed by atoms with Crippen LogP contribution in [-0.2, 0) is 7.05 Å². The van der Waals surface area contributed by atoms with E-state index in [0.717, 1.165) is 11.4 Å². The molecule has 8 nitrogen and oxygen atoms in total. The van der Waals surface area contributed by atoms with Crippen molar-refractivity contribution in [2.24, 2.45) is 7.05 Å². The van der Waals surface area contributed by atoms with Gasteiger partial charge < -0.3 is 15.5 Å². The predicted octanol–water partition coefficient (Wildman–Crippen LogP) is 2.23.